The van der Waals surface area contributed by atoms with E-state index in [2.05, 4.69) is 12.2 Å². The number of carbonyl (C=O) groups excluding carboxylic acids is 2. The number of nitrogens with two attached hydrogens (primary N) is 1. The van der Waals surface area contributed by atoms with Gasteiger partial charge < -0.3 is 11.1 Å². The summed E-state index contributed by atoms with van der Waals surface area (Å²) < 4.78 is 24.6. The second-order valence-electron chi connectivity index (χ2n) is 7.20. The predicted octanol–water partition coefficient (Wildman–Crippen LogP) is 3.16. The molecular weight excluding hydrogens is 396 g/mol. The van der Waals surface area contributed by atoms with Crippen LogP contribution in [0.1, 0.15) is 47.0 Å². The summed E-state index contributed by atoms with van der Waals surface area (Å²) in [6.45, 7) is 2.16. The van der Waals surface area contributed by atoms with Crippen LogP contribution in [0, 0.1) is 5.92 Å². The van der Waals surface area contributed by atoms with Gasteiger partial charge in [-0.1, -0.05) is 25.1 Å². The van der Waals surface area contributed by atoms with Crippen LogP contribution < -0.4 is 11.1 Å². The highest BCUT2D eigenvalue weighted by Crippen LogP contribution is 2.39. The molecule has 0 aliphatic heterocycles. The number of thiophene rings is 1. The van der Waals surface area contributed by atoms with E-state index in [4.69, 9.17) is 5.73 Å². The molecule has 8 heteroatoms. The molecule has 150 valence electrons. The Morgan fingerprint density at radius 1 is 1.25 bits per heavy atom. The molecule has 0 bridgehead atoms. The number of primary amides is 1. The van der Waals surface area contributed by atoms with Crippen LogP contribution in [0.4, 0.5) is 5.00 Å². The van der Waals surface area contributed by atoms with Crippen LogP contribution in [0.5, 0.6) is 0 Å². The molecule has 0 radical (unpaired) electrons. The Kier molecular flexibility index (Phi) is 6.20. The number of carbonyl (C=O) groups is 2. The van der Waals surface area contributed by atoms with Crippen molar-refractivity contribution in [2.45, 2.75) is 43.9 Å². The van der Waals surface area contributed by atoms with E-state index in [1.165, 1.54) is 11.3 Å². The molecule has 6 nitrogen and oxygen atoms in total. The number of rotatable bonds is 7. The second kappa shape index (κ2) is 8.45. The van der Waals surface area contributed by atoms with Crippen LogP contribution >= 0.6 is 11.3 Å². The molecule has 1 aromatic heterocycles. The number of benzene rings is 1. The minimum Gasteiger partial charge on any atom is -0.365 e. The quantitative estimate of drug-likeness (QED) is 0.717. The lowest BCUT2D eigenvalue weighted by atomic mass is 9.88. The lowest BCUT2D eigenvalue weighted by molar-refractivity contribution is -0.116. The molecule has 1 aliphatic rings. The van der Waals surface area contributed by atoms with Crippen molar-refractivity contribution in [3.05, 3.63) is 46.3 Å². The lowest BCUT2D eigenvalue weighted by Crippen LogP contribution is -2.19. The van der Waals surface area contributed by atoms with Crippen molar-refractivity contribution >= 4 is 38.0 Å². The molecule has 0 saturated carbocycles. The molecule has 1 heterocycles. The summed E-state index contributed by atoms with van der Waals surface area (Å²) >= 11 is 1.41. The van der Waals surface area contributed by atoms with Crippen molar-refractivity contribution in [3.8, 4) is 0 Å². The fraction of sp³-hybridized carbons (Fsp3) is 0.400. The number of fused-ring (bicyclic) bond motifs is 1. The summed E-state index contributed by atoms with van der Waals surface area (Å²) in [7, 11) is -3.41. The van der Waals surface area contributed by atoms with Crippen molar-refractivity contribution in [2.24, 2.45) is 11.7 Å². The van der Waals surface area contributed by atoms with E-state index in [-0.39, 0.29) is 29.4 Å². The topological polar surface area (TPSA) is 106 Å². The highest BCUT2D eigenvalue weighted by Gasteiger charge is 2.27. The first-order chi connectivity index (χ1) is 13.3. The van der Waals surface area contributed by atoms with Gasteiger partial charge >= 0.3 is 0 Å². The number of hydrogen-bond acceptors (Lipinski definition) is 5. The third-order valence-corrected chi connectivity index (χ3v) is 7.92. The van der Waals surface area contributed by atoms with Crippen molar-refractivity contribution in [2.75, 3.05) is 11.1 Å². The molecule has 3 rings (SSSR count). The zero-order chi connectivity index (χ0) is 20.3. The number of amides is 2. The fourth-order valence-corrected chi connectivity index (χ4v) is 6.22. The van der Waals surface area contributed by atoms with Gasteiger partial charge in [-0.05, 0) is 49.3 Å². The van der Waals surface area contributed by atoms with Gasteiger partial charge in [-0.2, -0.15) is 0 Å². The standard InChI is InChI=1S/C20H24N2O4S2/c1-13-9-10-15-16(12-13)27-20(18(15)19(21)24)22-17(23)8-5-11-28(25,26)14-6-3-2-4-7-14/h2-4,6-7,13H,5,8-12H2,1H3,(H2,21,24)(H,22,23)/t13-/m0/s1. The molecule has 28 heavy (non-hydrogen) atoms. The maximum absolute atomic E-state index is 12.3. The van der Waals surface area contributed by atoms with Gasteiger partial charge in [0.15, 0.2) is 9.84 Å². The van der Waals surface area contributed by atoms with E-state index < -0.39 is 15.7 Å². The molecule has 2 amide bonds. The highest BCUT2D eigenvalue weighted by molar-refractivity contribution is 7.91. The Bertz CT molecular complexity index is 981. The number of anilines is 1. The number of hydrogen-bond donors (Lipinski definition) is 2. The molecule has 0 unspecified atom stereocenters. The maximum Gasteiger partial charge on any atom is 0.251 e. The molecule has 2 aromatic rings. The Morgan fingerprint density at radius 2 is 1.96 bits per heavy atom. The zero-order valence-electron chi connectivity index (χ0n) is 15.7. The minimum absolute atomic E-state index is 0.0588. The summed E-state index contributed by atoms with van der Waals surface area (Å²) in [4.78, 5) is 25.6. The van der Waals surface area contributed by atoms with Gasteiger partial charge in [0.25, 0.3) is 5.91 Å². The molecule has 0 saturated heterocycles. The van der Waals surface area contributed by atoms with Crippen molar-refractivity contribution < 1.29 is 18.0 Å². The largest absolute Gasteiger partial charge is 0.365 e. The molecule has 1 aromatic carbocycles. The average Bonchev–Trinajstić information content (AvgIpc) is 2.99. The van der Waals surface area contributed by atoms with Gasteiger partial charge in [-0.15, -0.1) is 11.3 Å². The van der Waals surface area contributed by atoms with Gasteiger partial charge in [-0.25, -0.2) is 8.42 Å². The van der Waals surface area contributed by atoms with E-state index in [9.17, 15) is 18.0 Å². The van der Waals surface area contributed by atoms with Crippen molar-refractivity contribution in [3.63, 3.8) is 0 Å². The smallest absolute Gasteiger partial charge is 0.251 e. The molecule has 1 atom stereocenters. The average molecular weight is 421 g/mol. The van der Waals surface area contributed by atoms with Gasteiger partial charge in [0, 0.05) is 11.3 Å². The van der Waals surface area contributed by atoms with Gasteiger partial charge in [0.2, 0.25) is 5.91 Å². The summed E-state index contributed by atoms with van der Waals surface area (Å²) in [6.07, 6.45) is 2.93. The van der Waals surface area contributed by atoms with Crippen LogP contribution in [0.2, 0.25) is 0 Å². The van der Waals surface area contributed by atoms with Crippen molar-refractivity contribution in [1.82, 2.24) is 0 Å². The van der Waals surface area contributed by atoms with E-state index in [0.717, 1.165) is 29.7 Å². The summed E-state index contributed by atoms with van der Waals surface area (Å²) in [5.74, 6) is -0.406. The minimum atomic E-state index is -3.41. The Labute approximate surface area is 169 Å². The monoisotopic (exact) mass is 420 g/mol. The van der Waals surface area contributed by atoms with Crippen LogP contribution in [-0.2, 0) is 27.5 Å². The summed E-state index contributed by atoms with van der Waals surface area (Å²) in [5.41, 5.74) is 6.92. The maximum atomic E-state index is 12.3. The number of sulfone groups is 1. The highest BCUT2D eigenvalue weighted by atomic mass is 32.2. The first kappa shape index (κ1) is 20.5. The number of nitrogens with one attached hydrogen (secondary N) is 1. The normalized spacial score (nSPS) is 16.4. The Morgan fingerprint density at radius 3 is 2.64 bits per heavy atom. The first-order valence-electron chi connectivity index (χ1n) is 9.30. The van der Waals surface area contributed by atoms with Gasteiger partial charge in [-0.3, -0.25) is 9.59 Å². The molecule has 0 spiro atoms. The van der Waals surface area contributed by atoms with E-state index in [1.54, 1.807) is 30.3 Å². The second-order valence-corrected chi connectivity index (χ2v) is 10.4. The third-order valence-electron chi connectivity index (χ3n) is 4.93. The Balaban J connectivity index is 1.63. The molecule has 1 aliphatic carbocycles. The third kappa shape index (κ3) is 4.62. The lowest BCUT2D eigenvalue weighted by Gasteiger charge is -2.18. The van der Waals surface area contributed by atoms with Crippen molar-refractivity contribution in [1.29, 1.82) is 0 Å². The molecule has 0 fully saturated rings. The zero-order valence-corrected chi connectivity index (χ0v) is 17.4. The van der Waals surface area contributed by atoms with Crippen LogP contribution in [0.3, 0.4) is 0 Å². The predicted molar refractivity (Wildman–Crippen MR) is 110 cm³/mol. The SMILES string of the molecule is C[C@H]1CCc2c(sc(NC(=O)CCCS(=O)(=O)c3ccccc3)c2C(N)=O)C1. The van der Waals surface area contributed by atoms with Crippen LogP contribution in [0.15, 0.2) is 35.2 Å². The van der Waals surface area contributed by atoms with E-state index in [1.807, 2.05) is 0 Å². The van der Waals surface area contributed by atoms with E-state index in [0.29, 0.717) is 16.5 Å². The first-order valence-corrected chi connectivity index (χ1v) is 11.8. The fourth-order valence-electron chi connectivity index (χ4n) is 3.46. The van der Waals surface area contributed by atoms with Crippen LogP contribution in [0.25, 0.3) is 0 Å². The van der Waals surface area contributed by atoms with E-state index >= 15 is 0 Å². The van der Waals surface area contributed by atoms with Gasteiger partial charge in [0.05, 0.1) is 16.2 Å². The summed E-state index contributed by atoms with van der Waals surface area (Å²) in [6, 6.07) is 8.19. The Hall–Kier alpha value is -2.19. The van der Waals surface area contributed by atoms with Crippen LogP contribution in [-0.4, -0.2) is 26.0 Å². The molecule has 3 N–H and O–H groups in total. The molecular formula is C20H24N2O4S2. The van der Waals surface area contributed by atoms with Gasteiger partial charge in [0.1, 0.15) is 5.00 Å². The summed E-state index contributed by atoms with van der Waals surface area (Å²) in [5, 5.41) is 3.26.